The topological polar surface area (TPSA) is 43.3 Å². The van der Waals surface area contributed by atoms with Crippen LogP contribution >= 0.6 is 15.9 Å². The lowest BCUT2D eigenvalue weighted by Crippen LogP contribution is -2.50. The van der Waals surface area contributed by atoms with E-state index in [0.29, 0.717) is 18.9 Å². The first-order chi connectivity index (χ1) is 8.91. The molecule has 1 aromatic heterocycles. The molecule has 0 spiro atoms. The first-order valence-corrected chi connectivity index (χ1v) is 7.48. The fraction of sp³-hybridized carbons (Fsp3) is 0.643. The van der Waals surface area contributed by atoms with Crippen LogP contribution < -0.4 is 5.32 Å². The zero-order chi connectivity index (χ0) is 14.0. The number of carbonyl (C=O) groups is 1. The Bertz CT molecular complexity index is 462. The van der Waals surface area contributed by atoms with Crippen molar-refractivity contribution in [2.75, 3.05) is 13.2 Å². The van der Waals surface area contributed by atoms with Gasteiger partial charge in [-0.2, -0.15) is 0 Å². The molecule has 0 radical (unpaired) electrons. The molecule has 1 saturated heterocycles. The maximum absolute atomic E-state index is 12.5. The molecule has 5 heteroatoms. The van der Waals surface area contributed by atoms with Crippen molar-refractivity contribution in [2.24, 2.45) is 0 Å². The van der Waals surface area contributed by atoms with E-state index < -0.39 is 0 Å². The van der Waals surface area contributed by atoms with Gasteiger partial charge < -0.3 is 14.6 Å². The van der Waals surface area contributed by atoms with E-state index in [2.05, 4.69) is 42.0 Å². The molecule has 0 bridgehead atoms. The number of carbonyl (C=O) groups excluding carboxylic acids is 1. The maximum Gasteiger partial charge on any atom is 0.268 e. The molecule has 2 rings (SSSR count). The van der Waals surface area contributed by atoms with E-state index in [1.54, 1.807) is 0 Å². The zero-order valence-corrected chi connectivity index (χ0v) is 13.3. The van der Waals surface area contributed by atoms with Crippen molar-refractivity contribution in [3.05, 3.63) is 22.4 Å². The fourth-order valence-electron chi connectivity index (χ4n) is 2.34. The second-order valence-corrected chi connectivity index (χ2v) is 6.59. The number of amides is 1. The van der Waals surface area contributed by atoms with Crippen molar-refractivity contribution in [3.8, 4) is 0 Å². The lowest BCUT2D eigenvalue weighted by atomic mass is 9.92. The molecule has 1 amide bonds. The Morgan fingerprint density at radius 3 is 2.68 bits per heavy atom. The minimum absolute atomic E-state index is 0.0104. The molecule has 0 unspecified atom stereocenters. The van der Waals surface area contributed by atoms with E-state index in [1.807, 2.05) is 16.8 Å². The van der Waals surface area contributed by atoms with Gasteiger partial charge in [0.1, 0.15) is 5.69 Å². The number of nitrogens with one attached hydrogen (secondary N) is 1. The molecule has 1 fully saturated rings. The van der Waals surface area contributed by atoms with Gasteiger partial charge in [0.25, 0.3) is 5.91 Å². The number of halogens is 1. The summed E-state index contributed by atoms with van der Waals surface area (Å²) in [4.78, 5) is 12.5. The van der Waals surface area contributed by atoms with Crippen LogP contribution in [-0.4, -0.2) is 29.2 Å². The Balaban J connectivity index is 2.15. The van der Waals surface area contributed by atoms with E-state index in [4.69, 9.17) is 4.74 Å². The van der Waals surface area contributed by atoms with Crippen molar-refractivity contribution < 1.29 is 9.53 Å². The van der Waals surface area contributed by atoms with Crippen molar-refractivity contribution in [1.82, 2.24) is 9.88 Å². The molecule has 4 nitrogen and oxygen atoms in total. The molecule has 2 heterocycles. The van der Waals surface area contributed by atoms with Crippen molar-refractivity contribution >= 4 is 21.8 Å². The van der Waals surface area contributed by atoms with Gasteiger partial charge in [0.15, 0.2) is 0 Å². The SMILES string of the molecule is CC(C)n1cc(Br)cc1C(=O)NC1(C)CCOCC1. The summed E-state index contributed by atoms with van der Waals surface area (Å²) in [5.74, 6) is -0.0104. The summed E-state index contributed by atoms with van der Waals surface area (Å²) >= 11 is 3.44. The Morgan fingerprint density at radius 1 is 1.47 bits per heavy atom. The van der Waals surface area contributed by atoms with Crippen molar-refractivity contribution in [2.45, 2.75) is 45.2 Å². The van der Waals surface area contributed by atoms with Crippen LogP contribution in [0.2, 0.25) is 0 Å². The molecule has 106 valence electrons. The number of ether oxygens (including phenoxy) is 1. The maximum atomic E-state index is 12.5. The van der Waals surface area contributed by atoms with Crippen LogP contribution in [0.4, 0.5) is 0 Å². The van der Waals surface area contributed by atoms with Crippen LogP contribution in [-0.2, 0) is 4.74 Å². The molecule has 0 atom stereocenters. The van der Waals surface area contributed by atoms with Gasteiger partial charge in [0, 0.05) is 35.5 Å². The molecule has 0 saturated carbocycles. The van der Waals surface area contributed by atoms with E-state index in [1.165, 1.54) is 0 Å². The summed E-state index contributed by atoms with van der Waals surface area (Å²) < 4.78 is 8.28. The molecule has 1 aliphatic rings. The third-order valence-electron chi connectivity index (χ3n) is 3.62. The number of hydrogen-bond donors (Lipinski definition) is 1. The summed E-state index contributed by atoms with van der Waals surface area (Å²) in [5.41, 5.74) is 0.544. The summed E-state index contributed by atoms with van der Waals surface area (Å²) in [7, 11) is 0. The first-order valence-electron chi connectivity index (χ1n) is 6.69. The number of nitrogens with zero attached hydrogens (tertiary/aromatic N) is 1. The summed E-state index contributed by atoms with van der Waals surface area (Å²) in [6.07, 6.45) is 3.68. The highest BCUT2D eigenvalue weighted by atomic mass is 79.9. The Kier molecular flexibility index (Phi) is 4.36. The summed E-state index contributed by atoms with van der Waals surface area (Å²) in [6, 6.07) is 2.13. The highest BCUT2D eigenvalue weighted by molar-refractivity contribution is 9.10. The molecule has 0 aromatic carbocycles. The van der Waals surface area contributed by atoms with Gasteiger partial charge in [-0.3, -0.25) is 4.79 Å². The van der Waals surface area contributed by atoms with Crippen molar-refractivity contribution in [3.63, 3.8) is 0 Å². The van der Waals surface area contributed by atoms with Crippen molar-refractivity contribution in [1.29, 1.82) is 0 Å². The quantitative estimate of drug-likeness (QED) is 0.926. The zero-order valence-electron chi connectivity index (χ0n) is 11.7. The predicted octanol–water partition coefficient (Wildman–Crippen LogP) is 3.13. The van der Waals surface area contributed by atoms with Gasteiger partial charge in [-0.15, -0.1) is 0 Å². The normalized spacial score (nSPS) is 18.6. The van der Waals surface area contributed by atoms with Gasteiger partial charge in [-0.1, -0.05) is 0 Å². The lowest BCUT2D eigenvalue weighted by molar-refractivity contribution is 0.0419. The third kappa shape index (κ3) is 3.39. The van der Waals surface area contributed by atoms with Gasteiger partial charge in [0.2, 0.25) is 0 Å². The van der Waals surface area contributed by atoms with Crippen LogP contribution in [0.5, 0.6) is 0 Å². The highest BCUT2D eigenvalue weighted by Crippen LogP contribution is 2.23. The molecule has 1 N–H and O–H groups in total. The largest absolute Gasteiger partial charge is 0.381 e. The van der Waals surface area contributed by atoms with E-state index in [9.17, 15) is 4.79 Å². The van der Waals surface area contributed by atoms with Gasteiger partial charge in [-0.25, -0.2) is 0 Å². The minimum atomic E-state index is -0.159. The summed E-state index contributed by atoms with van der Waals surface area (Å²) in [6.45, 7) is 7.65. The van der Waals surface area contributed by atoms with Crippen LogP contribution in [0.3, 0.4) is 0 Å². The number of aromatic nitrogens is 1. The van der Waals surface area contributed by atoms with Crippen LogP contribution in [0, 0.1) is 0 Å². The first kappa shape index (κ1) is 14.6. The minimum Gasteiger partial charge on any atom is -0.381 e. The molecular formula is C14H21BrN2O2. The monoisotopic (exact) mass is 328 g/mol. The smallest absolute Gasteiger partial charge is 0.268 e. The van der Waals surface area contributed by atoms with Crippen LogP contribution in [0.1, 0.15) is 50.1 Å². The lowest BCUT2D eigenvalue weighted by Gasteiger charge is -2.34. The van der Waals surface area contributed by atoms with Gasteiger partial charge >= 0.3 is 0 Å². The summed E-state index contributed by atoms with van der Waals surface area (Å²) in [5, 5.41) is 3.16. The molecular weight excluding hydrogens is 308 g/mol. The Labute approximate surface area is 122 Å². The Morgan fingerprint density at radius 2 is 2.11 bits per heavy atom. The van der Waals surface area contributed by atoms with E-state index in [-0.39, 0.29) is 17.5 Å². The molecule has 1 aliphatic heterocycles. The second-order valence-electron chi connectivity index (χ2n) is 5.67. The van der Waals surface area contributed by atoms with E-state index in [0.717, 1.165) is 17.3 Å². The average molecular weight is 329 g/mol. The number of hydrogen-bond acceptors (Lipinski definition) is 2. The molecule has 1 aromatic rings. The third-order valence-corrected chi connectivity index (χ3v) is 4.05. The average Bonchev–Trinajstić information content (AvgIpc) is 2.72. The standard InChI is InChI=1S/C14H21BrN2O2/c1-10(2)17-9-11(15)8-12(17)13(18)16-14(3)4-6-19-7-5-14/h8-10H,4-7H2,1-3H3,(H,16,18). The van der Waals surface area contributed by atoms with Gasteiger partial charge in [0.05, 0.1) is 0 Å². The molecule has 19 heavy (non-hydrogen) atoms. The second kappa shape index (κ2) is 5.67. The predicted molar refractivity (Wildman–Crippen MR) is 78.4 cm³/mol. The van der Waals surface area contributed by atoms with E-state index >= 15 is 0 Å². The molecule has 0 aliphatic carbocycles. The van der Waals surface area contributed by atoms with Crippen LogP contribution in [0.15, 0.2) is 16.7 Å². The van der Waals surface area contributed by atoms with Crippen LogP contribution in [0.25, 0.3) is 0 Å². The van der Waals surface area contributed by atoms with Gasteiger partial charge in [-0.05, 0) is 55.6 Å². The highest BCUT2D eigenvalue weighted by Gasteiger charge is 2.30. The number of rotatable bonds is 3. The Hall–Kier alpha value is -0.810. The fourth-order valence-corrected chi connectivity index (χ4v) is 2.78.